The fourth-order valence-electron chi connectivity index (χ4n) is 4.78. The van der Waals surface area contributed by atoms with Gasteiger partial charge in [-0.15, -0.1) is 0 Å². The molecule has 3 atom stereocenters. The molecule has 33 heavy (non-hydrogen) atoms. The van der Waals surface area contributed by atoms with Gasteiger partial charge < -0.3 is 14.6 Å². The van der Waals surface area contributed by atoms with Crippen LogP contribution >= 0.6 is 0 Å². The van der Waals surface area contributed by atoms with Crippen molar-refractivity contribution in [3.8, 4) is 0 Å². The first-order valence-electron chi connectivity index (χ1n) is 10.9. The number of benzene rings is 1. The molecule has 180 valence electrons. The number of aromatic nitrogens is 1. The third kappa shape index (κ3) is 5.93. The van der Waals surface area contributed by atoms with Crippen molar-refractivity contribution in [1.29, 1.82) is 0 Å². The molecule has 2 aliphatic rings. The highest BCUT2D eigenvalue weighted by molar-refractivity contribution is 5.89. The molecular weight excluding hydrogens is 441 g/mol. The van der Waals surface area contributed by atoms with Gasteiger partial charge in [0, 0.05) is 36.2 Å². The molecule has 3 unspecified atom stereocenters. The summed E-state index contributed by atoms with van der Waals surface area (Å²) in [5.41, 5.74) is 0.0654. The fourth-order valence-corrected chi connectivity index (χ4v) is 4.78. The number of carboxylic acid groups (broad SMARTS) is 2. The van der Waals surface area contributed by atoms with E-state index in [-0.39, 0.29) is 11.5 Å². The zero-order valence-corrected chi connectivity index (χ0v) is 18.4. The number of hydrogen-bond donors (Lipinski definition) is 2. The Morgan fingerprint density at radius 3 is 2.24 bits per heavy atom. The lowest BCUT2D eigenvalue weighted by atomic mass is 9.89. The molecule has 2 fully saturated rings. The molecule has 4 rings (SSSR count). The number of carbonyl (C=O) groups is 2. The Morgan fingerprint density at radius 2 is 1.76 bits per heavy atom. The zero-order chi connectivity index (χ0) is 24.3. The minimum absolute atomic E-state index is 0.208. The molecule has 10 heteroatoms. The highest BCUT2D eigenvalue weighted by atomic mass is 19.4. The van der Waals surface area contributed by atoms with Gasteiger partial charge in [-0.05, 0) is 57.2 Å². The number of rotatable bonds is 5. The highest BCUT2D eigenvalue weighted by Crippen LogP contribution is 2.44. The number of carboxylic acids is 2. The highest BCUT2D eigenvalue weighted by Gasteiger charge is 2.44. The summed E-state index contributed by atoms with van der Waals surface area (Å²) >= 11 is 0. The van der Waals surface area contributed by atoms with Crippen LogP contribution in [0.25, 0.3) is 11.1 Å². The SMILES string of the molecule is CCC(C)N1C2CCC1CC(c1nc3ccc(C(F)(F)F)cc3o1)C2.O=C(O)/C=C\C(=O)O. The summed E-state index contributed by atoms with van der Waals surface area (Å²) in [6, 6.07) is 5.21. The van der Waals surface area contributed by atoms with E-state index in [1.807, 2.05) is 0 Å². The third-order valence-electron chi connectivity index (χ3n) is 6.34. The molecule has 1 aromatic carbocycles. The van der Waals surface area contributed by atoms with Gasteiger partial charge in [0.05, 0.1) is 5.56 Å². The Balaban J connectivity index is 0.000000331. The van der Waals surface area contributed by atoms with Crippen LogP contribution in [0.1, 0.15) is 63.3 Å². The molecule has 1 aromatic heterocycles. The Kier molecular flexibility index (Phi) is 7.46. The zero-order valence-electron chi connectivity index (χ0n) is 18.4. The second-order valence-corrected chi connectivity index (χ2v) is 8.50. The molecule has 3 heterocycles. The van der Waals surface area contributed by atoms with Crippen molar-refractivity contribution >= 4 is 23.0 Å². The van der Waals surface area contributed by atoms with Gasteiger partial charge in [-0.3, -0.25) is 4.90 Å². The molecule has 0 spiro atoms. The van der Waals surface area contributed by atoms with E-state index in [0.29, 0.717) is 41.7 Å². The lowest BCUT2D eigenvalue weighted by Crippen LogP contribution is -2.47. The number of aliphatic carboxylic acids is 2. The van der Waals surface area contributed by atoms with E-state index in [9.17, 15) is 22.8 Å². The van der Waals surface area contributed by atoms with Crippen molar-refractivity contribution < 1.29 is 37.4 Å². The maximum atomic E-state index is 12.9. The quantitative estimate of drug-likeness (QED) is 0.591. The van der Waals surface area contributed by atoms with Crippen LogP contribution in [-0.4, -0.2) is 50.2 Å². The van der Waals surface area contributed by atoms with E-state index in [0.717, 1.165) is 31.4 Å². The van der Waals surface area contributed by atoms with E-state index in [1.54, 1.807) is 0 Å². The average molecular weight is 468 g/mol. The van der Waals surface area contributed by atoms with Gasteiger partial charge >= 0.3 is 18.1 Å². The number of fused-ring (bicyclic) bond motifs is 3. The second kappa shape index (κ2) is 9.94. The predicted octanol–water partition coefficient (Wildman–Crippen LogP) is 5.07. The topological polar surface area (TPSA) is 104 Å². The van der Waals surface area contributed by atoms with Crippen molar-refractivity contribution in [1.82, 2.24) is 9.88 Å². The van der Waals surface area contributed by atoms with Crippen molar-refractivity contribution in [2.24, 2.45) is 0 Å². The van der Waals surface area contributed by atoms with E-state index in [2.05, 4.69) is 23.7 Å². The molecule has 2 bridgehead atoms. The average Bonchev–Trinajstić information content (AvgIpc) is 3.29. The Bertz CT molecular complexity index is 1000. The molecule has 2 N–H and O–H groups in total. The second-order valence-electron chi connectivity index (χ2n) is 8.50. The standard InChI is InChI=1S/C19H23F3N2O.C4H4O4/c1-3-11(2)24-14-5-6-15(24)9-12(8-14)18-23-16-7-4-13(19(20,21)22)10-17(16)25-18;5-3(6)1-2-4(7)8/h4,7,10-12,14-15H,3,5-6,8-9H2,1-2H3;1-2H,(H,5,6)(H,7,8)/b;2-1-. The van der Waals surface area contributed by atoms with Crippen LogP contribution in [0.2, 0.25) is 0 Å². The minimum atomic E-state index is -4.36. The largest absolute Gasteiger partial charge is 0.478 e. The Hall–Kier alpha value is -2.88. The fraction of sp³-hybridized carbons (Fsp3) is 0.522. The first-order chi connectivity index (χ1) is 15.5. The van der Waals surface area contributed by atoms with Crippen molar-refractivity contribution in [3.63, 3.8) is 0 Å². The maximum absolute atomic E-state index is 12.9. The van der Waals surface area contributed by atoms with Gasteiger partial charge in [-0.2, -0.15) is 13.2 Å². The van der Waals surface area contributed by atoms with Crippen LogP contribution in [-0.2, 0) is 15.8 Å². The van der Waals surface area contributed by atoms with E-state index in [4.69, 9.17) is 14.6 Å². The summed E-state index contributed by atoms with van der Waals surface area (Å²) in [6.45, 7) is 4.50. The number of nitrogens with zero attached hydrogens (tertiary/aromatic N) is 2. The maximum Gasteiger partial charge on any atom is 0.416 e. The van der Waals surface area contributed by atoms with Crippen LogP contribution in [0.4, 0.5) is 13.2 Å². The first kappa shape index (κ1) is 24.8. The van der Waals surface area contributed by atoms with Crippen molar-refractivity contribution in [2.45, 2.75) is 76.2 Å². The van der Waals surface area contributed by atoms with Gasteiger partial charge in [0.2, 0.25) is 0 Å². The van der Waals surface area contributed by atoms with Gasteiger partial charge in [0.15, 0.2) is 11.5 Å². The third-order valence-corrected chi connectivity index (χ3v) is 6.34. The number of alkyl halides is 3. The Labute approximate surface area is 188 Å². The number of oxazole rings is 1. The summed E-state index contributed by atoms with van der Waals surface area (Å²) in [4.78, 5) is 26.2. The van der Waals surface area contributed by atoms with E-state index in [1.165, 1.54) is 18.9 Å². The number of hydrogen-bond acceptors (Lipinski definition) is 5. The van der Waals surface area contributed by atoms with Crippen LogP contribution < -0.4 is 0 Å². The number of halogens is 3. The minimum Gasteiger partial charge on any atom is -0.478 e. The number of piperidine rings is 1. The van der Waals surface area contributed by atoms with Crippen LogP contribution in [0.5, 0.6) is 0 Å². The van der Waals surface area contributed by atoms with Crippen molar-refractivity contribution in [2.75, 3.05) is 0 Å². The molecular formula is C23H27F3N2O5. The van der Waals surface area contributed by atoms with Gasteiger partial charge in [-0.25, -0.2) is 14.6 Å². The summed E-state index contributed by atoms with van der Waals surface area (Å²) in [6.07, 6.45) is 2.26. The summed E-state index contributed by atoms with van der Waals surface area (Å²) < 4.78 is 44.4. The molecule has 2 saturated heterocycles. The predicted molar refractivity (Wildman–Crippen MR) is 114 cm³/mol. The molecule has 0 aliphatic carbocycles. The normalized spacial score (nSPS) is 24.0. The van der Waals surface area contributed by atoms with E-state index < -0.39 is 23.7 Å². The van der Waals surface area contributed by atoms with Crippen LogP contribution in [0.15, 0.2) is 34.8 Å². The smallest absolute Gasteiger partial charge is 0.416 e. The summed E-state index contributed by atoms with van der Waals surface area (Å²) in [7, 11) is 0. The monoisotopic (exact) mass is 468 g/mol. The summed E-state index contributed by atoms with van der Waals surface area (Å²) in [5.74, 6) is -1.70. The first-order valence-corrected chi connectivity index (χ1v) is 10.9. The molecule has 2 aliphatic heterocycles. The molecule has 0 radical (unpaired) electrons. The van der Waals surface area contributed by atoms with Crippen LogP contribution in [0.3, 0.4) is 0 Å². The van der Waals surface area contributed by atoms with Gasteiger partial charge in [0.1, 0.15) is 5.52 Å². The van der Waals surface area contributed by atoms with E-state index >= 15 is 0 Å². The van der Waals surface area contributed by atoms with Crippen LogP contribution in [0, 0.1) is 0 Å². The molecule has 0 saturated carbocycles. The molecule has 7 nitrogen and oxygen atoms in total. The lowest BCUT2D eigenvalue weighted by Gasteiger charge is -2.41. The lowest BCUT2D eigenvalue weighted by molar-refractivity contribution is -0.137. The summed E-state index contributed by atoms with van der Waals surface area (Å²) in [5, 5.41) is 15.6. The molecule has 2 aromatic rings. The van der Waals surface area contributed by atoms with Gasteiger partial charge in [0.25, 0.3) is 0 Å². The molecule has 0 amide bonds. The van der Waals surface area contributed by atoms with Crippen molar-refractivity contribution in [3.05, 3.63) is 41.8 Å². The van der Waals surface area contributed by atoms with Gasteiger partial charge in [-0.1, -0.05) is 6.92 Å². The Morgan fingerprint density at radius 1 is 1.18 bits per heavy atom.